The van der Waals surface area contributed by atoms with Gasteiger partial charge >= 0.3 is 0 Å². The number of nitrogens with zero attached hydrogens (tertiary/aromatic N) is 1. The van der Waals surface area contributed by atoms with Crippen LogP contribution in [0.5, 0.6) is 0 Å². The largest absolute Gasteiger partial charge is 0.305 e. The van der Waals surface area contributed by atoms with Crippen LogP contribution >= 0.6 is 0 Å². The van der Waals surface area contributed by atoms with E-state index in [2.05, 4.69) is 15.7 Å². The molecule has 0 aliphatic rings. The third-order valence-corrected chi connectivity index (χ3v) is 2.19. The third kappa shape index (κ3) is 2.23. The van der Waals surface area contributed by atoms with Crippen molar-refractivity contribution >= 4 is 0 Å². The second-order valence-electron chi connectivity index (χ2n) is 3.16. The van der Waals surface area contributed by atoms with E-state index < -0.39 is 0 Å². The van der Waals surface area contributed by atoms with Crippen LogP contribution in [0.3, 0.4) is 0 Å². The molecule has 1 heterocycles. The number of rotatable bonds is 4. The fraction of sp³-hybridized carbons (Fsp3) is 0.182. The molecule has 78 valence electrons. The molecule has 0 atom stereocenters. The maximum Gasteiger partial charge on any atom is 0.0696 e. The van der Waals surface area contributed by atoms with Crippen LogP contribution < -0.4 is 5.48 Å². The minimum Gasteiger partial charge on any atom is -0.305 e. The van der Waals surface area contributed by atoms with Crippen LogP contribution in [0.15, 0.2) is 36.5 Å². The van der Waals surface area contributed by atoms with E-state index in [0.29, 0.717) is 6.54 Å². The summed E-state index contributed by atoms with van der Waals surface area (Å²) in [6, 6.07) is 10.1. The number of nitrogens with one attached hydrogen (secondary N) is 2. The summed E-state index contributed by atoms with van der Waals surface area (Å²) in [5, 5.41) is 7.02. The number of hydrogen-bond acceptors (Lipinski definition) is 3. The lowest BCUT2D eigenvalue weighted by Crippen LogP contribution is -2.10. The average molecular weight is 203 g/mol. The fourth-order valence-electron chi connectivity index (χ4n) is 1.45. The smallest absolute Gasteiger partial charge is 0.0696 e. The lowest BCUT2D eigenvalue weighted by atomic mass is 10.1. The molecule has 15 heavy (non-hydrogen) atoms. The summed E-state index contributed by atoms with van der Waals surface area (Å²) in [7, 11) is 1.60. The number of aromatic amines is 1. The van der Waals surface area contributed by atoms with Crippen molar-refractivity contribution in [2.24, 2.45) is 0 Å². The minimum absolute atomic E-state index is 0.636. The lowest BCUT2D eigenvalue weighted by molar-refractivity contribution is 0.0868. The van der Waals surface area contributed by atoms with E-state index in [1.165, 1.54) is 0 Å². The predicted molar refractivity (Wildman–Crippen MR) is 57.9 cm³/mol. The molecule has 0 amide bonds. The Bertz CT molecular complexity index is 411. The monoisotopic (exact) mass is 203 g/mol. The minimum atomic E-state index is 0.636. The van der Waals surface area contributed by atoms with Gasteiger partial charge in [-0.25, -0.2) is 0 Å². The van der Waals surface area contributed by atoms with Gasteiger partial charge in [0.15, 0.2) is 0 Å². The molecule has 1 aromatic carbocycles. The Kier molecular flexibility index (Phi) is 3.11. The number of aromatic nitrogens is 2. The van der Waals surface area contributed by atoms with E-state index in [0.717, 1.165) is 16.8 Å². The van der Waals surface area contributed by atoms with E-state index >= 15 is 0 Å². The summed E-state index contributed by atoms with van der Waals surface area (Å²) in [6.45, 7) is 0.636. The van der Waals surface area contributed by atoms with Gasteiger partial charge < -0.3 is 4.84 Å². The molecule has 0 aliphatic heterocycles. The molecule has 0 spiro atoms. The molecule has 4 nitrogen and oxygen atoms in total. The normalized spacial score (nSPS) is 10.5. The Labute approximate surface area is 88.2 Å². The molecular formula is C11H13N3O. The highest BCUT2D eigenvalue weighted by molar-refractivity contribution is 5.62. The molecule has 0 saturated heterocycles. The molecule has 1 aromatic heterocycles. The summed E-state index contributed by atoms with van der Waals surface area (Å²) in [4.78, 5) is 4.81. The number of benzene rings is 1. The van der Waals surface area contributed by atoms with Gasteiger partial charge in [-0.2, -0.15) is 10.6 Å². The molecule has 0 unspecified atom stereocenters. The van der Waals surface area contributed by atoms with Gasteiger partial charge in [-0.1, -0.05) is 30.3 Å². The topological polar surface area (TPSA) is 49.9 Å². The highest BCUT2D eigenvalue weighted by Gasteiger charge is 2.06. The van der Waals surface area contributed by atoms with Gasteiger partial charge in [0.05, 0.1) is 19.0 Å². The molecule has 0 bridgehead atoms. The van der Waals surface area contributed by atoms with Crippen molar-refractivity contribution in [1.29, 1.82) is 0 Å². The van der Waals surface area contributed by atoms with Gasteiger partial charge in [-0.05, 0) is 5.56 Å². The van der Waals surface area contributed by atoms with E-state index in [1.54, 1.807) is 13.3 Å². The second kappa shape index (κ2) is 4.72. The standard InChI is InChI=1S/C11H13N3O/c1-15-13-8-10-7-12-14-11(10)9-5-3-2-4-6-9/h2-7,13H,8H2,1H3,(H,12,14). The lowest BCUT2D eigenvalue weighted by Gasteiger charge is -2.03. The van der Waals surface area contributed by atoms with Crippen molar-refractivity contribution in [3.8, 4) is 11.3 Å². The van der Waals surface area contributed by atoms with Gasteiger partial charge in [-0.15, -0.1) is 0 Å². The van der Waals surface area contributed by atoms with Crippen LogP contribution in [0.2, 0.25) is 0 Å². The molecule has 2 N–H and O–H groups in total. The summed E-state index contributed by atoms with van der Waals surface area (Å²) in [5.41, 5.74) is 6.04. The van der Waals surface area contributed by atoms with Gasteiger partial charge in [0.25, 0.3) is 0 Å². The van der Waals surface area contributed by atoms with Crippen LogP contribution in [-0.4, -0.2) is 17.3 Å². The first-order valence-electron chi connectivity index (χ1n) is 4.75. The van der Waals surface area contributed by atoms with E-state index in [1.807, 2.05) is 30.3 Å². The zero-order valence-corrected chi connectivity index (χ0v) is 8.53. The molecular weight excluding hydrogens is 190 g/mol. The van der Waals surface area contributed by atoms with Crippen molar-refractivity contribution in [3.05, 3.63) is 42.1 Å². The van der Waals surface area contributed by atoms with Crippen LogP contribution in [-0.2, 0) is 11.4 Å². The molecule has 0 radical (unpaired) electrons. The Morgan fingerprint density at radius 3 is 2.87 bits per heavy atom. The first kappa shape index (κ1) is 9.89. The highest BCUT2D eigenvalue weighted by Crippen LogP contribution is 2.20. The zero-order valence-electron chi connectivity index (χ0n) is 8.53. The van der Waals surface area contributed by atoms with Gasteiger partial charge in [0.2, 0.25) is 0 Å². The van der Waals surface area contributed by atoms with Crippen LogP contribution in [0, 0.1) is 0 Å². The van der Waals surface area contributed by atoms with Crippen LogP contribution in [0.25, 0.3) is 11.3 Å². The Morgan fingerprint density at radius 2 is 2.13 bits per heavy atom. The maximum absolute atomic E-state index is 4.81. The predicted octanol–water partition coefficient (Wildman–Crippen LogP) is 1.73. The van der Waals surface area contributed by atoms with Gasteiger partial charge in [0.1, 0.15) is 0 Å². The fourth-order valence-corrected chi connectivity index (χ4v) is 1.45. The first-order valence-corrected chi connectivity index (χ1v) is 4.75. The molecule has 4 heteroatoms. The summed E-state index contributed by atoms with van der Waals surface area (Å²) in [5.74, 6) is 0. The summed E-state index contributed by atoms with van der Waals surface area (Å²) < 4.78 is 0. The Hall–Kier alpha value is -1.65. The number of hydroxylamine groups is 1. The molecule has 0 aliphatic carbocycles. The van der Waals surface area contributed by atoms with E-state index in [-0.39, 0.29) is 0 Å². The van der Waals surface area contributed by atoms with Gasteiger partial charge in [0, 0.05) is 12.1 Å². The van der Waals surface area contributed by atoms with E-state index in [4.69, 9.17) is 4.84 Å². The quantitative estimate of drug-likeness (QED) is 0.744. The van der Waals surface area contributed by atoms with E-state index in [9.17, 15) is 0 Å². The number of hydrogen-bond donors (Lipinski definition) is 2. The van der Waals surface area contributed by atoms with Crippen molar-refractivity contribution in [1.82, 2.24) is 15.7 Å². The molecule has 2 aromatic rings. The SMILES string of the molecule is CONCc1cn[nH]c1-c1ccccc1. The van der Waals surface area contributed by atoms with Crippen LogP contribution in [0.1, 0.15) is 5.56 Å². The molecule has 2 rings (SSSR count). The van der Waals surface area contributed by atoms with Gasteiger partial charge in [-0.3, -0.25) is 5.10 Å². The third-order valence-electron chi connectivity index (χ3n) is 2.19. The molecule has 0 saturated carbocycles. The Balaban J connectivity index is 2.25. The Morgan fingerprint density at radius 1 is 1.33 bits per heavy atom. The second-order valence-corrected chi connectivity index (χ2v) is 3.16. The summed E-state index contributed by atoms with van der Waals surface area (Å²) >= 11 is 0. The zero-order chi connectivity index (χ0) is 10.5. The summed E-state index contributed by atoms with van der Waals surface area (Å²) in [6.07, 6.45) is 1.80. The van der Waals surface area contributed by atoms with Crippen molar-refractivity contribution in [3.63, 3.8) is 0 Å². The average Bonchev–Trinajstić information content (AvgIpc) is 2.75. The van der Waals surface area contributed by atoms with Crippen molar-refractivity contribution in [2.45, 2.75) is 6.54 Å². The number of H-pyrrole nitrogens is 1. The molecule has 0 fully saturated rings. The maximum atomic E-state index is 4.81. The van der Waals surface area contributed by atoms with Crippen LogP contribution in [0.4, 0.5) is 0 Å². The van der Waals surface area contributed by atoms with Crippen molar-refractivity contribution < 1.29 is 4.84 Å². The first-order chi connectivity index (χ1) is 7.42. The van der Waals surface area contributed by atoms with Crippen molar-refractivity contribution in [2.75, 3.05) is 7.11 Å². The highest BCUT2D eigenvalue weighted by atomic mass is 16.6.